The molecule has 0 radical (unpaired) electrons. The molecule has 2 aromatic carbocycles. The minimum Gasteiger partial charge on any atom is -0.496 e. The van der Waals surface area contributed by atoms with Gasteiger partial charge in [0.2, 0.25) is 0 Å². The lowest BCUT2D eigenvalue weighted by Gasteiger charge is -2.11. The third-order valence-corrected chi connectivity index (χ3v) is 6.06. The fraction of sp³-hybridized carbons (Fsp3) is 0.130. The van der Waals surface area contributed by atoms with Crippen LogP contribution in [-0.2, 0) is 10.0 Å². The van der Waals surface area contributed by atoms with Crippen LogP contribution < -0.4 is 14.8 Å². The van der Waals surface area contributed by atoms with Crippen LogP contribution in [0.5, 0.6) is 5.75 Å². The fourth-order valence-electron chi connectivity index (χ4n) is 3.26. The number of nitrogens with zero attached hydrogens (tertiary/aromatic N) is 4. The molecule has 168 valence electrons. The highest BCUT2D eigenvalue weighted by Gasteiger charge is 2.16. The molecule has 2 N–H and O–H groups in total. The van der Waals surface area contributed by atoms with E-state index in [2.05, 4.69) is 30.0 Å². The van der Waals surface area contributed by atoms with Gasteiger partial charge < -0.3 is 10.1 Å². The predicted molar refractivity (Wildman–Crippen MR) is 126 cm³/mol. The third kappa shape index (κ3) is 5.24. The van der Waals surface area contributed by atoms with E-state index in [1.165, 1.54) is 18.5 Å². The Kier molecular flexibility index (Phi) is 6.18. The quantitative estimate of drug-likeness (QED) is 0.421. The molecule has 2 aromatic heterocycles. The van der Waals surface area contributed by atoms with Crippen molar-refractivity contribution in [1.29, 1.82) is 0 Å². The molecular weight excluding hydrogens is 440 g/mol. The van der Waals surface area contributed by atoms with E-state index < -0.39 is 10.0 Å². The van der Waals surface area contributed by atoms with Gasteiger partial charge in [0.1, 0.15) is 29.5 Å². The van der Waals surface area contributed by atoms with E-state index in [9.17, 15) is 8.42 Å². The number of benzene rings is 2. The van der Waals surface area contributed by atoms with E-state index in [-0.39, 0.29) is 10.7 Å². The topological polar surface area (TPSA) is 119 Å². The maximum Gasteiger partial charge on any atom is 0.263 e. The molecule has 9 nitrogen and oxygen atoms in total. The van der Waals surface area contributed by atoms with Gasteiger partial charge in [-0.15, -0.1) is 0 Å². The number of aryl methyl sites for hydroxylation is 2. The normalized spacial score (nSPS) is 11.1. The van der Waals surface area contributed by atoms with Gasteiger partial charge in [-0.25, -0.2) is 28.4 Å². The average Bonchev–Trinajstić information content (AvgIpc) is 2.78. The molecule has 0 fully saturated rings. The lowest BCUT2D eigenvalue weighted by Crippen LogP contribution is -2.14. The van der Waals surface area contributed by atoms with Crippen LogP contribution in [0.4, 0.5) is 17.3 Å². The zero-order valence-electron chi connectivity index (χ0n) is 18.3. The first-order chi connectivity index (χ1) is 15.8. The maximum absolute atomic E-state index is 12.7. The summed E-state index contributed by atoms with van der Waals surface area (Å²) in [7, 11) is -2.19. The lowest BCUT2D eigenvalue weighted by atomic mass is 10.1. The number of methoxy groups -OCH3 is 1. The molecule has 10 heteroatoms. The Bertz CT molecular complexity index is 1370. The summed E-state index contributed by atoms with van der Waals surface area (Å²) in [4.78, 5) is 17.0. The second kappa shape index (κ2) is 9.21. The fourth-order valence-corrected chi connectivity index (χ4v) is 4.25. The second-order valence-electron chi connectivity index (χ2n) is 7.19. The number of hydrogen-bond acceptors (Lipinski definition) is 8. The Labute approximate surface area is 192 Å². The Morgan fingerprint density at radius 2 is 1.64 bits per heavy atom. The van der Waals surface area contributed by atoms with Crippen LogP contribution in [0.1, 0.15) is 11.5 Å². The summed E-state index contributed by atoms with van der Waals surface area (Å²) in [5.74, 6) is 1.99. The van der Waals surface area contributed by atoms with Gasteiger partial charge in [0, 0.05) is 29.1 Å². The Morgan fingerprint density at radius 1 is 0.879 bits per heavy atom. The highest BCUT2D eigenvalue weighted by Crippen LogP contribution is 2.29. The van der Waals surface area contributed by atoms with Gasteiger partial charge in [-0.2, -0.15) is 0 Å². The SMILES string of the molecule is COc1ccccc1-c1cc(Nc2ccc(S(=O)(=O)Nc3cc(C)nc(C)n3)cc2)ncn1. The Hall–Kier alpha value is -4.05. The minimum absolute atomic E-state index is 0.111. The number of ether oxygens (including phenoxy) is 1. The average molecular weight is 463 g/mol. The molecule has 0 aliphatic heterocycles. The second-order valence-corrected chi connectivity index (χ2v) is 8.87. The van der Waals surface area contributed by atoms with Crippen LogP contribution in [0.25, 0.3) is 11.3 Å². The summed E-state index contributed by atoms with van der Waals surface area (Å²) in [6.45, 7) is 3.48. The van der Waals surface area contributed by atoms with E-state index in [1.54, 1.807) is 45.2 Å². The molecule has 0 amide bonds. The van der Waals surface area contributed by atoms with Gasteiger partial charge in [-0.1, -0.05) is 12.1 Å². The molecule has 0 aliphatic carbocycles. The van der Waals surface area contributed by atoms with E-state index in [0.29, 0.717) is 34.5 Å². The summed E-state index contributed by atoms with van der Waals surface area (Å²) in [5.41, 5.74) is 2.89. The Balaban J connectivity index is 1.52. The first-order valence-electron chi connectivity index (χ1n) is 10.0. The van der Waals surface area contributed by atoms with Crippen molar-refractivity contribution in [2.24, 2.45) is 0 Å². The molecule has 4 rings (SSSR count). The summed E-state index contributed by atoms with van der Waals surface area (Å²) >= 11 is 0. The van der Waals surface area contributed by atoms with Crippen LogP contribution in [0, 0.1) is 13.8 Å². The highest BCUT2D eigenvalue weighted by atomic mass is 32.2. The smallest absolute Gasteiger partial charge is 0.263 e. The van der Waals surface area contributed by atoms with Crippen LogP contribution in [0.15, 0.2) is 71.9 Å². The van der Waals surface area contributed by atoms with Crippen molar-refractivity contribution in [3.05, 3.63) is 78.5 Å². The molecule has 0 unspecified atom stereocenters. The van der Waals surface area contributed by atoms with Crippen molar-refractivity contribution < 1.29 is 13.2 Å². The molecule has 0 spiro atoms. The molecule has 33 heavy (non-hydrogen) atoms. The van der Waals surface area contributed by atoms with Crippen molar-refractivity contribution in [3.8, 4) is 17.0 Å². The molecule has 0 bridgehead atoms. The number of anilines is 3. The molecule has 0 atom stereocenters. The van der Waals surface area contributed by atoms with Crippen LogP contribution in [0.3, 0.4) is 0 Å². The molecular formula is C23H22N6O3S. The molecule has 4 aromatic rings. The summed E-state index contributed by atoms with van der Waals surface area (Å²) in [6.07, 6.45) is 1.46. The van der Waals surface area contributed by atoms with E-state index >= 15 is 0 Å². The summed E-state index contributed by atoms with van der Waals surface area (Å²) in [5, 5.41) is 3.17. The number of nitrogens with one attached hydrogen (secondary N) is 2. The third-order valence-electron chi connectivity index (χ3n) is 4.69. The number of rotatable bonds is 7. The minimum atomic E-state index is -3.79. The van der Waals surface area contributed by atoms with E-state index in [1.807, 2.05) is 24.3 Å². The number of sulfonamides is 1. The molecule has 0 saturated heterocycles. The van der Waals surface area contributed by atoms with Crippen molar-refractivity contribution in [2.75, 3.05) is 17.1 Å². The van der Waals surface area contributed by atoms with Gasteiger partial charge in [-0.3, -0.25) is 4.72 Å². The maximum atomic E-state index is 12.7. The first-order valence-corrected chi connectivity index (χ1v) is 11.5. The zero-order chi connectivity index (χ0) is 23.4. The van der Waals surface area contributed by atoms with E-state index in [0.717, 1.165) is 5.56 Å². The zero-order valence-corrected chi connectivity index (χ0v) is 19.1. The molecule has 2 heterocycles. The van der Waals surface area contributed by atoms with Crippen molar-refractivity contribution in [1.82, 2.24) is 19.9 Å². The van der Waals surface area contributed by atoms with Crippen LogP contribution in [0.2, 0.25) is 0 Å². The molecule has 0 saturated carbocycles. The van der Waals surface area contributed by atoms with Crippen molar-refractivity contribution in [2.45, 2.75) is 18.7 Å². The highest BCUT2D eigenvalue weighted by molar-refractivity contribution is 7.92. The predicted octanol–water partition coefficient (Wildman–Crippen LogP) is 4.10. The number of para-hydroxylation sites is 1. The monoisotopic (exact) mass is 462 g/mol. The first kappa shape index (κ1) is 22.2. The van der Waals surface area contributed by atoms with Gasteiger partial charge >= 0.3 is 0 Å². The van der Waals surface area contributed by atoms with Crippen molar-refractivity contribution >= 4 is 27.3 Å². The van der Waals surface area contributed by atoms with E-state index in [4.69, 9.17) is 4.74 Å². The van der Waals surface area contributed by atoms with Gasteiger partial charge in [-0.05, 0) is 50.2 Å². The molecule has 0 aliphatic rings. The van der Waals surface area contributed by atoms with Gasteiger partial charge in [0.15, 0.2) is 0 Å². The standard InChI is InChI=1S/C23H22N6O3S/c1-15-12-23(27-16(2)26-15)29-33(30,31)18-10-8-17(9-11-18)28-22-13-20(24-14-25-22)19-6-4-5-7-21(19)32-3/h4-14H,1-3H3,(H,24,25,28)(H,26,27,29). The van der Waals surface area contributed by atoms with Crippen LogP contribution >= 0.6 is 0 Å². The largest absolute Gasteiger partial charge is 0.496 e. The Morgan fingerprint density at radius 3 is 2.36 bits per heavy atom. The number of aromatic nitrogens is 4. The van der Waals surface area contributed by atoms with Gasteiger partial charge in [0.25, 0.3) is 10.0 Å². The van der Waals surface area contributed by atoms with Gasteiger partial charge in [0.05, 0.1) is 17.7 Å². The summed E-state index contributed by atoms with van der Waals surface area (Å²) in [6, 6.07) is 17.3. The van der Waals surface area contributed by atoms with Crippen molar-refractivity contribution in [3.63, 3.8) is 0 Å². The van der Waals surface area contributed by atoms with Crippen LogP contribution in [-0.4, -0.2) is 35.5 Å². The lowest BCUT2D eigenvalue weighted by molar-refractivity contribution is 0.416. The number of hydrogen-bond donors (Lipinski definition) is 2. The summed E-state index contributed by atoms with van der Waals surface area (Å²) < 4.78 is 33.4.